The minimum atomic E-state index is -0.927. The van der Waals surface area contributed by atoms with E-state index in [-0.39, 0.29) is 230 Å². The first-order valence-corrected chi connectivity index (χ1v) is 43.3. The second kappa shape index (κ2) is 51.6. The number of amides is 5. The third kappa shape index (κ3) is 27.1. The van der Waals surface area contributed by atoms with Crippen molar-refractivity contribution in [1.29, 1.82) is 0 Å². The van der Waals surface area contributed by atoms with E-state index in [2.05, 4.69) is 51.1 Å². The van der Waals surface area contributed by atoms with Crippen LogP contribution in [-0.4, -0.2) is 173 Å². The number of non-ortho nitro benzene ring substituents is 2. The van der Waals surface area contributed by atoms with Crippen molar-refractivity contribution in [3.63, 3.8) is 0 Å². The van der Waals surface area contributed by atoms with Gasteiger partial charge in [0, 0.05) is 94.1 Å². The number of esters is 5. The van der Waals surface area contributed by atoms with Crippen molar-refractivity contribution >= 4 is 167 Å². The second-order valence-corrected chi connectivity index (χ2v) is 36.1. The fourth-order valence-corrected chi connectivity index (χ4v) is 16.4. The number of ketones is 3. The molecule has 0 spiro atoms. The quantitative estimate of drug-likeness (QED) is 0.00557. The number of benzene rings is 5. The number of nitrogen functional groups attached to an aromatic ring is 1. The van der Waals surface area contributed by atoms with Crippen LogP contribution in [0.5, 0.6) is 0 Å². The normalized spacial score (nSPS) is 18.1. The standard InChI is InChI=1S/C21H27N3O4.C21H24N2O4.C14H16N2O5.C14H18N2O3.C10H10N2O3.C8H12O2.C4H7BrO2.CH2O3.2CH4.2Cs.H/c1-13(19(26)28-4)24-17-11-10-14(12-15(17)21(2,3)20(24)27)22-23-16-8-6-5-7-9-18(16)25;1-11(19(25)27-4)23-16-9-13-12-7-5-6-8-17(24)18(12)22-15(13)10-14(16)21(2,3)20(23)26;1-8(12(17)21-4)15-11-6-5-9(16(19)20)7-10(11)14(2,3)13(15)18;1-8(12(17)19-4)16-11-6-5-9(15)7-10(11)14(2,3)13(16)18;1-10(2)7-5-6(12(14)15)3-4-8(7)11-9(10)13;9-6-7-4-2-1-3-5-8(7)10;1-3(5)4(6)7-2;2-1-4-3;;;;;/h10-13,22H,5-9H2,1-4H3;9-11,22H,5-8H2,1-4H3;5-8H,1-4H3;5-8H,15H2,1-4H3;3-5H,1-2H3,(H,11,13);6,9H,1-5H2;3H,1-2H3;1,3H;2*1H4;;;/q;;;;;;;;;;2*+1;-1/p-1/b23-16+;;;;;7-6-;;;;;;;. The summed E-state index contributed by atoms with van der Waals surface area (Å²) in [4.78, 5) is 197. The van der Waals surface area contributed by atoms with Crippen LogP contribution >= 0.6 is 15.9 Å². The van der Waals surface area contributed by atoms with Crippen molar-refractivity contribution in [2.75, 3.05) is 71.6 Å². The molecule has 6 aromatic rings. The van der Waals surface area contributed by atoms with Gasteiger partial charge in [-0.15, -0.1) is 0 Å². The van der Waals surface area contributed by atoms with Gasteiger partial charge in [0.2, 0.25) is 29.5 Å². The van der Waals surface area contributed by atoms with E-state index < -0.39 is 85.0 Å². The summed E-state index contributed by atoms with van der Waals surface area (Å²) in [6.45, 7) is 26.0. The first-order valence-electron chi connectivity index (χ1n) is 42.4. The first kappa shape index (κ1) is 120. The van der Waals surface area contributed by atoms with E-state index in [0.29, 0.717) is 82.2 Å². The van der Waals surface area contributed by atoms with Gasteiger partial charge in [0.15, 0.2) is 17.3 Å². The fourth-order valence-electron chi connectivity index (χ4n) is 16.2. The van der Waals surface area contributed by atoms with Gasteiger partial charge in [-0.05, 0) is 256 Å². The molecule has 3 aliphatic carbocycles. The van der Waals surface area contributed by atoms with Gasteiger partial charge < -0.3 is 56.4 Å². The molecule has 0 bridgehead atoms. The summed E-state index contributed by atoms with van der Waals surface area (Å²) in [5.74, 6) is -2.55. The number of Topliss-reactive ketones (excluding diaryl/α,β-unsaturated/α-hetero) is 3. The molecule has 1 aromatic heterocycles. The maximum Gasteiger partial charge on any atom is 1.00 e. The van der Waals surface area contributed by atoms with Crippen molar-refractivity contribution in [2.45, 2.75) is 265 Å². The van der Waals surface area contributed by atoms with Gasteiger partial charge in [-0.25, -0.2) is 19.2 Å². The Kier molecular flexibility index (Phi) is 45.9. The second-order valence-electron chi connectivity index (χ2n) is 34.7. The number of allylic oxidation sites excluding steroid dienone is 1. The summed E-state index contributed by atoms with van der Waals surface area (Å²) in [5.41, 5.74) is 17.0. The van der Waals surface area contributed by atoms with E-state index >= 15 is 0 Å². The molecule has 37 nitrogen and oxygen atoms in total. The SMILES string of the molecule is C.C.CC1(C)C(=O)Nc2ccc([N+](=O)[O-])cc21.COC(=O)C(C)Br.COC(=O)C(C)N1C(=O)C(C)(C)c2cc(N)ccc21.COC(=O)C(C)N1C(=O)C(C)(C)c2cc(N/N=C3\CCCCCC3=O)ccc21.COC(=O)C(C)N1C(=O)C(C)(C)c2cc([N+](=O)[O-])ccc21.COC(=O)C(C)N1C(=O)C(C)(C)c2cc3[nH]c4c(c3cc21)CCCCC4=O.O=C1CCCCC/C1=C/O.O=CO[O-].[Cs+].[Cs+].[H-]. The van der Waals surface area contributed by atoms with Gasteiger partial charge >= 0.3 is 168 Å². The zero-order chi connectivity index (χ0) is 98.2. The number of nitro groups is 2. The molecular weight excluding hydrogens is 2060 g/mol. The number of aryl methyl sites for hydroxylation is 1. The summed E-state index contributed by atoms with van der Waals surface area (Å²) in [5, 5.41) is 46.5. The van der Waals surface area contributed by atoms with Crippen molar-refractivity contribution < 1.29 is 255 Å². The molecule has 8 aliphatic rings. The molecule has 5 aromatic carbocycles. The number of aliphatic hydroxyl groups is 1. The number of halogens is 1. The van der Waals surface area contributed by atoms with Crippen LogP contribution in [0.4, 0.5) is 51.2 Å². The minimum Gasteiger partial charge on any atom is -1.00 e. The van der Waals surface area contributed by atoms with E-state index in [9.17, 15) is 82.6 Å². The molecule has 6 N–H and O–H groups in total. The molecule has 0 radical (unpaired) electrons. The van der Waals surface area contributed by atoms with E-state index in [1.54, 1.807) is 104 Å². The Hall–Kier alpha value is -9.03. The van der Waals surface area contributed by atoms with E-state index in [1.807, 2.05) is 59.7 Å². The van der Waals surface area contributed by atoms with Crippen molar-refractivity contribution in [1.82, 2.24) is 4.98 Å². The number of hydrazone groups is 1. The number of nitrogens with one attached hydrogen (secondary N) is 3. The van der Waals surface area contributed by atoms with Crippen LogP contribution in [0.15, 0.2) is 102 Å². The van der Waals surface area contributed by atoms with Crippen molar-refractivity contribution in [2.24, 2.45) is 5.10 Å². The molecule has 5 unspecified atom stereocenters. The molecule has 14 rings (SSSR count). The molecule has 2 fully saturated rings. The van der Waals surface area contributed by atoms with E-state index in [1.165, 1.54) is 80.6 Å². The number of rotatable bonds is 14. The molecule has 5 amide bonds. The van der Waals surface area contributed by atoms with Gasteiger partial charge in [0.25, 0.3) is 17.8 Å². The molecule has 135 heavy (non-hydrogen) atoms. The van der Waals surface area contributed by atoms with Crippen LogP contribution in [0.25, 0.3) is 10.9 Å². The van der Waals surface area contributed by atoms with Crippen LogP contribution < -0.4 is 179 Å². The number of hydrogen-bond acceptors (Lipinski definition) is 29. The first-order chi connectivity index (χ1) is 61.4. The number of aliphatic hydroxyl groups excluding tert-OH is 1. The Morgan fingerprint density at radius 1 is 0.496 bits per heavy atom. The number of alkyl halides is 1. The maximum atomic E-state index is 13.1. The van der Waals surface area contributed by atoms with Gasteiger partial charge in [-0.3, -0.25) is 93.2 Å². The Bertz CT molecular complexity index is 5540. The molecule has 5 atom stereocenters. The predicted octanol–water partition coefficient (Wildman–Crippen LogP) is 8.23. The van der Waals surface area contributed by atoms with Gasteiger partial charge in [0.1, 0.15) is 34.7 Å². The number of carbonyl (C=O) groups excluding carboxylic acids is 14. The number of nitrogens with two attached hydrogens (primary N) is 1. The van der Waals surface area contributed by atoms with Crippen LogP contribution in [-0.2, 0) is 124 Å². The number of hydrogen-bond donors (Lipinski definition) is 5. The van der Waals surface area contributed by atoms with Crippen LogP contribution in [0.2, 0.25) is 0 Å². The third-order valence-corrected chi connectivity index (χ3v) is 24.5. The van der Waals surface area contributed by atoms with Crippen LogP contribution in [0, 0.1) is 20.2 Å². The van der Waals surface area contributed by atoms with Gasteiger partial charge in [0.05, 0.1) is 90.1 Å². The molecule has 0 saturated heterocycles. The van der Waals surface area contributed by atoms with Crippen LogP contribution in [0.3, 0.4) is 0 Å². The molecule has 6 heterocycles. The molecule has 40 heteroatoms. The largest absolute Gasteiger partial charge is 1.00 e. The van der Waals surface area contributed by atoms with E-state index in [4.69, 9.17) is 35.1 Å². The Morgan fingerprint density at radius 2 is 0.867 bits per heavy atom. The van der Waals surface area contributed by atoms with Crippen molar-refractivity contribution in [3.8, 4) is 0 Å². The van der Waals surface area contributed by atoms with Crippen LogP contribution in [0.1, 0.15) is 247 Å². The molecule has 724 valence electrons. The zero-order valence-corrected chi connectivity index (χ0v) is 93.4. The Morgan fingerprint density at radius 3 is 1.30 bits per heavy atom. The topological polar surface area (TPSA) is 515 Å². The number of aromatic amines is 1. The predicted molar refractivity (Wildman–Crippen MR) is 503 cm³/mol. The summed E-state index contributed by atoms with van der Waals surface area (Å²) >= 11 is 3.03. The molecule has 2 saturated carbocycles. The van der Waals surface area contributed by atoms with Gasteiger partial charge in [-0.1, -0.05) is 43.6 Å². The summed E-state index contributed by atoms with van der Waals surface area (Å²) in [6.07, 6.45) is 12.9. The van der Waals surface area contributed by atoms with E-state index in [0.717, 1.165) is 115 Å². The maximum absolute atomic E-state index is 13.1. The Labute approximate surface area is 913 Å². The number of nitro benzene ring substituents is 2. The smallest absolute Gasteiger partial charge is 1.00 e. The zero-order valence-electron chi connectivity index (χ0n) is 80.3. The monoisotopic (exact) mass is 2180 g/mol. The fraction of sp³-hybridized carbons (Fsp3) is 0.484. The average molecular weight is 2180 g/mol. The number of carbonyl (C=O) groups is 14. The number of anilines is 7. The average Bonchev–Trinajstić information content (AvgIpc) is 1.55. The number of fused-ring (bicyclic) bond motifs is 8. The number of methoxy groups -OCH3 is 5. The number of aromatic nitrogens is 1. The van der Waals surface area contributed by atoms with Gasteiger partial charge in [-0.2, -0.15) is 5.10 Å². The minimum absolute atomic E-state index is 0. The summed E-state index contributed by atoms with van der Waals surface area (Å²) < 4.78 is 23.4. The summed E-state index contributed by atoms with van der Waals surface area (Å²) in [6, 6.07) is 20.5. The van der Waals surface area contributed by atoms with Crippen molar-refractivity contribution in [3.05, 3.63) is 156 Å². The summed E-state index contributed by atoms with van der Waals surface area (Å²) in [7, 11) is 6.56. The third-order valence-electron chi connectivity index (χ3n) is 24.1. The number of H-pyrrole nitrogens is 1. The Balaban J connectivity index is 0.000000546. The molecular formula is C95H124BrCs2N11O26. The molecule has 5 aliphatic heterocycles. The number of ether oxygens (including phenoxy) is 5. The number of nitrogens with zero attached hydrogens (tertiary/aromatic N) is 7.